The van der Waals surface area contributed by atoms with E-state index in [4.69, 9.17) is 5.73 Å². The molecule has 0 spiro atoms. The molecule has 1 saturated heterocycles. The van der Waals surface area contributed by atoms with Crippen molar-refractivity contribution in [2.75, 3.05) is 26.0 Å². The summed E-state index contributed by atoms with van der Waals surface area (Å²) in [6, 6.07) is 0. The summed E-state index contributed by atoms with van der Waals surface area (Å²) in [5, 5.41) is 0. The quantitative estimate of drug-likeness (QED) is 0.646. The summed E-state index contributed by atoms with van der Waals surface area (Å²) < 4.78 is 17.5. The van der Waals surface area contributed by atoms with Gasteiger partial charge < -0.3 is 5.73 Å². The minimum atomic E-state index is -2.13. The van der Waals surface area contributed by atoms with E-state index in [2.05, 4.69) is 4.36 Å². The molecule has 4 nitrogen and oxygen atoms in total. The number of hydrogen-bond acceptors (Lipinski definition) is 3. The summed E-state index contributed by atoms with van der Waals surface area (Å²) in [5.74, 6) is 0. The smallest absolute Gasteiger partial charge is 0.108 e. The highest BCUT2D eigenvalue weighted by Crippen LogP contribution is 2.12. The second-order valence-corrected chi connectivity index (χ2v) is 5.01. The van der Waals surface area contributed by atoms with Gasteiger partial charge in [0, 0.05) is 19.3 Å². The van der Waals surface area contributed by atoms with E-state index in [0.29, 0.717) is 0 Å². The summed E-state index contributed by atoms with van der Waals surface area (Å²) >= 11 is 0. The van der Waals surface area contributed by atoms with E-state index in [1.165, 1.54) is 0 Å². The molecule has 0 amide bonds. The lowest BCUT2D eigenvalue weighted by Crippen LogP contribution is -2.27. The molecular weight excluding hydrogens is 162 g/mol. The van der Waals surface area contributed by atoms with Crippen LogP contribution in [0.2, 0.25) is 0 Å². The normalized spacial score (nSPS) is 24.9. The lowest BCUT2D eigenvalue weighted by Gasteiger charge is -2.15. The van der Waals surface area contributed by atoms with Crippen LogP contribution < -0.4 is 5.73 Å². The third-order valence-electron chi connectivity index (χ3n) is 1.86. The second-order valence-electron chi connectivity index (χ2n) is 2.71. The zero-order valence-electron chi connectivity index (χ0n) is 6.82. The topological polar surface area (TPSA) is 58.7 Å². The predicted octanol–water partition coefficient (Wildman–Crippen LogP) is 0.0112. The van der Waals surface area contributed by atoms with Gasteiger partial charge in [0.15, 0.2) is 0 Å². The largest absolute Gasteiger partial charge is 0.312 e. The van der Waals surface area contributed by atoms with Crippen LogP contribution in [0.15, 0.2) is 4.36 Å². The molecule has 11 heavy (non-hydrogen) atoms. The van der Waals surface area contributed by atoms with Crippen molar-refractivity contribution in [2.24, 2.45) is 10.1 Å². The van der Waals surface area contributed by atoms with Crippen molar-refractivity contribution >= 4 is 9.92 Å². The van der Waals surface area contributed by atoms with Crippen molar-refractivity contribution < 1.29 is 4.21 Å². The van der Waals surface area contributed by atoms with Crippen LogP contribution in [0.5, 0.6) is 0 Å². The van der Waals surface area contributed by atoms with Crippen LogP contribution in [0.1, 0.15) is 12.8 Å². The van der Waals surface area contributed by atoms with E-state index in [1.54, 1.807) is 6.26 Å². The van der Waals surface area contributed by atoms with Crippen LogP contribution in [-0.2, 0) is 9.92 Å². The zero-order chi connectivity index (χ0) is 8.32. The Morgan fingerprint density at radius 1 is 1.55 bits per heavy atom. The molecule has 1 rings (SSSR count). The van der Waals surface area contributed by atoms with E-state index < -0.39 is 9.92 Å². The molecular formula is C6H15N3OS. The first-order valence-corrected chi connectivity index (χ1v) is 5.68. The predicted molar refractivity (Wildman–Crippen MR) is 46.4 cm³/mol. The van der Waals surface area contributed by atoms with Gasteiger partial charge >= 0.3 is 0 Å². The van der Waals surface area contributed by atoms with Gasteiger partial charge in [0.1, 0.15) is 9.92 Å². The molecule has 0 saturated carbocycles. The molecule has 0 aliphatic carbocycles. The first-order valence-electron chi connectivity index (χ1n) is 3.80. The number of rotatable bonds is 2. The summed E-state index contributed by atoms with van der Waals surface area (Å²) in [7, 11) is -2.13. The van der Waals surface area contributed by atoms with Gasteiger partial charge in [-0.25, -0.2) is 12.9 Å². The standard InChI is InChI=1S/C6H15N3OS/c1-11(10,8-6-7)9-4-2-3-5-9/h2-7H2,1H3. The van der Waals surface area contributed by atoms with Crippen LogP contribution in [0.4, 0.5) is 0 Å². The van der Waals surface area contributed by atoms with Crippen molar-refractivity contribution in [3.05, 3.63) is 0 Å². The molecule has 1 fully saturated rings. The fourth-order valence-corrected chi connectivity index (χ4v) is 2.62. The van der Waals surface area contributed by atoms with Crippen molar-refractivity contribution in [2.45, 2.75) is 12.8 Å². The van der Waals surface area contributed by atoms with Crippen molar-refractivity contribution in [3.63, 3.8) is 0 Å². The number of nitrogens with two attached hydrogens (primary N) is 1. The molecule has 1 unspecified atom stereocenters. The summed E-state index contributed by atoms with van der Waals surface area (Å²) in [4.78, 5) is 0. The van der Waals surface area contributed by atoms with E-state index in [9.17, 15) is 4.21 Å². The Bertz CT molecular complexity index is 226. The monoisotopic (exact) mass is 177 g/mol. The third-order valence-corrected chi connectivity index (χ3v) is 3.81. The van der Waals surface area contributed by atoms with Crippen LogP contribution in [0, 0.1) is 0 Å². The maximum absolute atomic E-state index is 11.7. The van der Waals surface area contributed by atoms with Gasteiger partial charge in [-0.2, -0.15) is 0 Å². The van der Waals surface area contributed by atoms with E-state index >= 15 is 0 Å². The van der Waals surface area contributed by atoms with Gasteiger partial charge in [-0.15, -0.1) is 0 Å². The fraction of sp³-hybridized carbons (Fsp3) is 1.00. The van der Waals surface area contributed by atoms with Gasteiger partial charge in [-0.1, -0.05) is 0 Å². The van der Waals surface area contributed by atoms with Gasteiger partial charge in [0.2, 0.25) is 0 Å². The molecule has 0 radical (unpaired) electrons. The molecule has 1 aliphatic heterocycles. The highest BCUT2D eigenvalue weighted by atomic mass is 32.2. The highest BCUT2D eigenvalue weighted by Gasteiger charge is 2.18. The minimum absolute atomic E-state index is 0.159. The van der Waals surface area contributed by atoms with Crippen molar-refractivity contribution in [3.8, 4) is 0 Å². The summed E-state index contributed by atoms with van der Waals surface area (Å²) in [6.45, 7) is 1.96. The molecule has 1 heterocycles. The highest BCUT2D eigenvalue weighted by molar-refractivity contribution is 7.90. The molecule has 2 N–H and O–H groups in total. The van der Waals surface area contributed by atoms with E-state index in [1.807, 2.05) is 4.31 Å². The zero-order valence-corrected chi connectivity index (χ0v) is 7.64. The Morgan fingerprint density at radius 3 is 2.55 bits per heavy atom. The van der Waals surface area contributed by atoms with Gasteiger partial charge in [0.05, 0.1) is 6.67 Å². The Kier molecular flexibility index (Phi) is 2.86. The number of hydrogen-bond donors (Lipinski definition) is 1. The average Bonchev–Trinajstić information content (AvgIpc) is 2.37. The minimum Gasteiger partial charge on any atom is -0.312 e. The average molecular weight is 177 g/mol. The Balaban J connectivity index is 2.71. The van der Waals surface area contributed by atoms with Crippen LogP contribution in [0.3, 0.4) is 0 Å². The van der Waals surface area contributed by atoms with Crippen molar-refractivity contribution in [1.82, 2.24) is 4.31 Å². The molecule has 1 aliphatic rings. The Hall–Kier alpha value is -0.130. The first-order chi connectivity index (χ1) is 5.17. The molecule has 0 bridgehead atoms. The molecule has 0 aromatic carbocycles. The van der Waals surface area contributed by atoms with Gasteiger partial charge in [-0.3, -0.25) is 0 Å². The first kappa shape index (κ1) is 8.96. The van der Waals surface area contributed by atoms with Gasteiger partial charge in [0.25, 0.3) is 0 Å². The Labute approximate surface area is 68.1 Å². The molecule has 0 aromatic heterocycles. The molecule has 5 heteroatoms. The number of nitrogens with zero attached hydrogens (tertiary/aromatic N) is 2. The molecule has 0 aromatic rings. The fourth-order valence-electron chi connectivity index (χ4n) is 1.25. The molecule has 66 valence electrons. The van der Waals surface area contributed by atoms with Crippen LogP contribution in [0.25, 0.3) is 0 Å². The van der Waals surface area contributed by atoms with Crippen molar-refractivity contribution in [1.29, 1.82) is 0 Å². The third kappa shape index (κ3) is 2.15. The summed E-state index contributed by atoms with van der Waals surface area (Å²) in [6.07, 6.45) is 3.92. The summed E-state index contributed by atoms with van der Waals surface area (Å²) in [5.41, 5.74) is 5.21. The lowest BCUT2D eigenvalue weighted by molar-refractivity contribution is 0.530. The van der Waals surface area contributed by atoms with Gasteiger partial charge in [-0.05, 0) is 12.8 Å². The maximum Gasteiger partial charge on any atom is 0.108 e. The SMILES string of the molecule is CS(=O)(=NCN)N1CCCC1. The Morgan fingerprint density at radius 2 is 2.09 bits per heavy atom. The molecule has 1 atom stereocenters. The lowest BCUT2D eigenvalue weighted by atomic mass is 10.4. The van der Waals surface area contributed by atoms with E-state index in [-0.39, 0.29) is 6.67 Å². The van der Waals surface area contributed by atoms with Crippen LogP contribution >= 0.6 is 0 Å². The van der Waals surface area contributed by atoms with E-state index in [0.717, 1.165) is 25.9 Å². The maximum atomic E-state index is 11.7. The second kappa shape index (κ2) is 3.51. The van der Waals surface area contributed by atoms with Crippen LogP contribution in [-0.4, -0.2) is 34.5 Å².